The first-order valence-electron chi connectivity index (χ1n) is 9.09. The summed E-state index contributed by atoms with van der Waals surface area (Å²) < 4.78 is 45.6. The Kier molecular flexibility index (Phi) is 6.00. The van der Waals surface area contributed by atoms with Gasteiger partial charge < -0.3 is 9.64 Å². The molecule has 3 rings (SSSR count). The van der Waals surface area contributed by atoms with E-state index in [0.717, 1.165) is 5.69 Å². The molecule has 0 bridgehead atoms. The minimum absolute atomic E-state index is 0.0703. The second-order valence-electron chi connectivity index (χ2n) is 6.85. The summed E-state index contributed by atoms with van der Waals surface area (Å²) in [6, 6.07) is 12.1. The number of sulfonamides is 1. The van der Waals surface area contributed by atoms with Gasteiger partial charge in [-0.1, -0.05) is 6.07 Å². The fourth-order valence-corrected chi connectivity index (χ4v) is 4.52. The Balaban J connectivity index is 1.72. The highest BCUT2D eigenvalue weighted by Gasteiger charge is 2.29. The highest BCUT2D eigenvalue weighted by atomic mass is 32.2. The lowest BCUT2D eigenvalue weighted by Crippen LogP contribution is -2.48. The van der Waals surface area contributed by atoms with Crippen molar-refractivity contribution in [3.8, 4) is 0 Å². The van der Waals surface area contributed by atoms with E-state index in [-0.39, 0.29) is 22.4 Å². The fourth-order valence-electron chi connectivity index (χ4n) is 3.05. The predicted molar refractivity (Wildman–Crippen MR) is 104 cm³/mol. The number of rotatable bonds is 5. The zero-order valence-corrected chi connectivity index (χ0v) is 16.7. The van der Waals surface area contributed by atoms with Crippen LogP contribution in [0.4, 0.5) is 10.1 Å². The molecule has 2 aromatic rings. The molecule has 1 saturated heterocycles. The van der Waals surface area contributed by atoms with Crippen molar-refractivity contribution in [3.05, 3.63) is 59.9 Å². The molecule has 0 atom stereocenters. The van der Waals surface area contributed by atoms with Crippen LogP contribution in [0, 0.1) is 5.82 Å². The van der Waals surface area contributed by atoms with Crippen LogP contribution in [0.5, 0.6) is 0 Å². The molecule has 1 fully saturated rings. The quantitative estimate of drug-likeness (QED) is 0.715. The van der Waals surface area contributed by atoms with Gasteiger partial charge in [0.25, 0.3) is 0 Å². The molecule has 2 aromatic carbocycles. The summed E-state index contributed by atoms with van der Waals surface area (Å²) >= 11 is 0. The van der Waals surface area contributed by atoms with Crippen LogP contribution in [0.15, 0.2) is 53.4 Å². The van der Waals surface area contributed by atoms with Gasteiger partial charge in [0.1, 0.15) is 5.82 Å². The summed E-state index contributed by atoms with van der Waals surface area (Å²) in [7, 11) is -3.72. The molecule has 0 saturated carbocycles. The van der Waals surface area contributed by atoms with Crippen LogP contribution < -0.4 is 4.90 Å². The molecular weight excluding hydrogens is 383 g/mol. The number of hydrogen-bond donors (Lipinski definition) is 0. The molecule has 0 radical (unpaired) electrons. The van der Waals surface area contributed by atoms with E-state index in [1.807, 2.05) is 4.90 Å². The first kappa shape index (κ1) is 20.3. The average molecular weight is 406 g/mol. The molecule has 150 valence electrons. The largest absolute Gasteiger partial charge is 0.459 e. The van der Waals surface area contributed by atoms with Crippen LogP contribution in [0.2, 0.25) is 0 Å². The van der Waals surface area contributed by atoms with Crippen molar-refractivity contribution < 1.29 is 22.3 Å². The molecule has 0 spiro atoms. The maximum Gasteiger partial charge on any atom is 0.338 e. The molecule has 1 heterocycles. The third kappa shape index (κ3) is 4.51. The monoisotopic (exact) mass is 406 g/mol. The molecule has 28 heavy (non-hydrogen) atoms. The van der Waals surface area contributed by atoms with Crippen LogP contribution in [-0.2, 0) is 14.8 Å². The summed E-state index contributed by atoms with van der Waals surface area (Å²) in [6.45, 7) is 5.08. The van der Waals surface area contributed by atoms with Gasteiger partial charge in [-0.15, -0.1) is 0 Å². The van der Waals surface area contributed by atoms with Crippen molar-refractivity contribution in [1.82, 2.24) is 4.31 Å². The molecule has 0 aromatic heterocycles. The van der Waals surface area contributed by atoms with E-state index < -0.39 is 16.0 Å². The van der Waals surface area contributed by atoms with Gasteiger partial charge in [-0.25, -0.2) is 17.6 Å². The number of anilines is 1. The Hall–Kier alpha value is -2.45. The Morgan fingerprint density at radius 2 is 1.68 bits per heavy atom. The molecule has 1 aliphatic rings. The topological polar surface area (TPSA) is 66.9 Å². The molecular formula is C20H23FN2O4S. The van der Waals surface area contributed by atoms with Gasteiger partial charge in [-0.2, -0.15) is 4.31 Å². The highest BCUT2D eigenvalue weighted by Crippen LogP contribution is 2.22. The second kappa shape index (κ2) is 8.28. The summed E-state index contributed by atoms with van der Waals surface area (Å²) in [5, 5.41) is 0. The minimum Gasteiger partial charge on any atom is -0.459 e. The van der Waals surface area contributed by atoms with Crippen LogP contribution in [0.25, 0.3) is 0 Å². The number of esters is 1. The molecule has 0 aliphatic carbocycles. The van der Waals surface area contributed by atoms with Crippen molar-refractivity contribution >= 4 is 21.7 Å². The lowest BCUT2D eigenvalue weighted by Gasteiger charge is -2.35. The molecule has 0 unspecified atom stereocenters. The smallest absolute Gasteiger partial charge is 0.338 e. The first-order chi connectivity index (χ1) is 13.3. The van der Waals surface area contributed by atoms with Crippen molar-refractivity contribution in [2.45, 2.75) is 24.8 Å². The highest BCUT2D eigenvalue weighted by molar-refractivity contribution is 7.89. The van der Waals surface area contributed by atoms with Crippen molar-refractivity contribution in [2.24, 2.45) is 0 Å². The zero-order valence-electron chi connectivity index (χ0n) is 15.8. The van der Waals surface area contributed by atoms with E-state index >= 15 is 0 Å². The summed E-state index contributed by atoms with van der Waals surface area (Å²) in [4.78, 5) is 14.2. The molecule has 0 N–H and O–H groups in total. The lowest BCUT2D eigenvalue weighted by atomic mass is 10.2. The summed E-state index contributed by atoms with van der Waals surface area (Å²) in [6.07, 6.45) is -0.285. The van der Waals surface area contributed by atoms with E-state index in [1.165, 1.54) is 34.6 Å². The van der Waals surface area contributed by atoms with Crippen molar-refractivity contribution in [3.63, 3.8) is 0 Å². The van der Waals surface area contributed by atoms with Gasteiger partial charge in [0.2, 0.25) is 10.0 Å². The van der Waals surface area contributed by atoms with E-state index in [4.69, 9.17) is 4.74 Å². The number of nitrogens with zero attached hydrogens (tertiary/aromatic N) is 2. The van der Waals surface area contributed by atoms with Gasteiger partial charge in [0.05, 0.1) is 16.6 Å². The normalized spacial score (nSPS) is 15.6. The Morgan fingerprint density at radius 1 is 1.04 bits per heavy atom. The van der Waals surface area contributed by atoms with Crippen LogP contribution in [-0.4, -0.2) is 51.0 Å². The predicted octanol–water partition coefficient (Wildman–Crippen LogP) is 2.90. The number of carbonyl (C=O) groups excluding carboxylic acids is 1. The summed E-state index contributed by atoms with van der Waals surface area (Å²) in [5.74, 6) is -0.853. The molecule has 6 nitrogen and oxygen atoms in total. The van der Waals surface area contributed by atoms with Crippen LogP contribution >= 0.6 is 0 Å². The van der Waals surface area contributed by atoms with E-state index in [1.54, 1.807) is 32.0 Å². The Labute approximate surface area is 164 Å². The van der Waals surface area contributed by atoms with Crippen LogP contribution in [0.1, 0.15) is 24.2 Å². The molecule has 0 amide bonds. The number of piperazine rings is 1. The van der Waals surface area contributed by atoms with Crippen molar-refractivity contribution in [1.29, 1.82) is 0 Å². The average Bonchev–Trinajstić information content (AvgIpc) is 2.68. The van der Waals surface area contributed by atoms with Crippen molar-refractivity contribution in [2.75, 3.05) is 31.1 Å². The van der Waals surface area contributed by atoms with Gasteiger partial charge in [0, 0.05) is 31.9 Å². The first-order valence-corrected chi connectivity index (χ1v) is 10.5. The van der Waals surface area contributed by atoms with Gasteiger partial charge in [-0.3, -0.25) is 0 Å². The number of ether oxygens (including phenoxy) is 1. The van der Waals surface area contributed by atoms with Gasteiger partial charge in [-0.05, 0) is 56.3 Å². The standard InChI is InChI=1S/C20H23FN2O4S/c1-15(2)27-20(24)16-4-3-5-19(14-16)28(25,26)23-12-10-22(11-13-23)18-8-6-17(21)7-9-18/h3-9,14-15H,10-13H2,1-2H3. The second-order valence-corrected chi connectivity index (χ2v) is 8.79. The molecule has 8 heteroatoms. The number of benzene rings is 2. The van der Waals surface area contributed by atoms with E-state index in [0.29, 0.717) is 26.2 Å². The number of halogens is 1. The fraction of sp³-hybridized carbons (Fsp3) is 0.350. The SMILES string of the molecule is CC(C)OC(=O)c1cccc(S(=O)(=O)N2CCN(c3ccc(F)cc3)CC2)c1. The zero-order chi connectivity index (χ0) is 20.3. The third-order valence-electron chi connectivity index (χ3n) is 4.48. The number of carbonyl (C=O) groups is 1. The molecule has 1 aliphatic heterocycles. The van der Waals surface area contributed by atoms with Gasteiger partial charge in [0.15, 0.2) is 0 Å². The minimum atomic E-state index is -3.72. The summed E-state index contributed by atoms with van der Waals surface area (Å²) in [5.41, 5.74) is 1.07. The maximum atomic E-state index is 13.1. The lowest BCUT2D eigenvalue weighted by molar-refractivity contribution is 0.0377. The Morgan fingerprint density at radius 3 is 2.29 bits per heavy atom. The van der Waals surface area contributed by atoms with E-state index in [9.17, 15) is 17.6 Å². The third-order valence-corrected chi connectivity index (χ3v) is 6.38. The Bertz CT molecular complexity index is 937. The van der Waals surface area contributed by atoms with E-state index in [2.05, 4.69) is 0 Å². The number of hydrogen-bond acceptors (Lipinski definition) is 5. The van der Waals surface area contributed by atoms with Crippen LogP contribution in [0.3, 0.4) is 0 Å². The van der Waals surface area contributed by atoms with Gasteiger partial charge >= 0.3 is 5.97 Å². The maximum absolute atomic E-state index is 13.1.